The first-order valence-electron chi connectivity index (χ1n) is 6.22. The van der Waals surface area contributed by atoms with Gasteiger partial charge in [0.2, 0.25) is 0 Å². The van der Waals surface area contributed by atoms with Crippen LogP contribution < -0.4 is 4.74 Å². The fraction of sp³-hybridized carbons (Fsp3) is 0.250. The summed E-state index contributed by atoms with van der Waals surface area (Å²) in [6, 6.07) is 12.4. The highest BCUT2D eigenvalue weighted by atomic mass is 19.1. The molecule has 0 saturated heterocycles. The molecular weight excluding hydrogens is 243 g/mol. The fourth-order valence-corrected chi connectivity index (χ4v) is 1.82. The lowest BCUT2D eigenvalue weighted by molar-refractivity contribution is 0.198. The van der Waals surface area contributed by atoms with Gasteiger partial charge < -0.3 is 9.84 Å². The molecule has 0 unspecified atom stereocenters. The number of aryl methyl sites for hydroxylation is 1. The third kappa shape index (κ3) is 3.32. The molecule has 0 aliphatic carbocycles. The van der Waals surface area contributed by atoms with Crippen LogP contribution in [0.25, 0.3) is 0 Å². The van der Waals surface area contributed by atoms with Gasteiger partial charge in [-0.2, -0.15) is 0 Å². The Morgan fingerprint density at radius 3 is 2.58 bits per heavy atom. The van der Waals surface area contributed by atoms with Crippen LogP contribution in [0.3, 0.4) is 0 Å². The molecule has 0 aromatic heterocycles. The fourth-order valence-electron chi connectivity index (χ4n) is 1.82. The number of aliphatic hydroxyl groups excluding tert-OH is 1. The molecule has 100 valence electrons. The van der Waals surface area contributed by atoms with Crippen molar-refractivity contribution in [1.82, 2.24) is 0 Å². The van der Waals surface area contributed by atoms with Gasteiger partial charge in [0.05, 0.1) is 6.10 Å². The van der Waals surface area contributed by atoms with Crippen molar-refractivity contribution >= 4 is 0 Å². The van der Waals surface area contributed by atoms with Gasteiger partial charge in [-0.15, -0.1) is 0 Å². The first-order chi connectivity index (χ1) is 9.08. The first kappa shape index (κ1) is 13.6. The minimum absolute atomic E-state index is 0.202. The largest absolute Gasteiger partial charge is 0.486 e. The molecule has 0 radical (unpaired) electrons. The predicted octanol–water partition coefficient (Wildman–Crippen LogP) is 3.77. The Morgan fingerprint density at radius 2 is 1.95 bits per heavy atom. The second-order valence-electron chi connectivity index (χ2n) is 4.58. The Bertz CT molecular complexity index is 564. The Hall–Kier alpha value is -1.87. The van der Waals surface area contributed by atoms with E-state index in [4.69, 9.17) is 4.74 Å². The quantitative estimate of drug-likeness (QED) is 0.906. The molecule has 0 fully saturated rings. The third-order valence-electron chi connectivity index (χ3n) is 3.08. The van der Waals surface area contributed by atoms with Crippen LogP contribution in [-0.4, -0.2) is 5.11 Å². The van der Waals surface area contributed by atoms with E-state index in [0.29, 0.717) is 12.2 Å². The van der Waals surface area contributed by atoms with Crippen LogP contribution in [0.2, 0.25) is 0 Å². The highest BCUT2D eigenvalue weighted by Gasteiger charge is 2.08. The van der Waals surface area contributed by atoms with Gasteiger partial charge in [-0.1, -0.05) is 30.3 Å². The van der Waals surface area contributed by atoms with Crippen LogP contribution in [0.1, 0.15) is 29.7 Å². The van der Waals surface area contributed by atoms with E-state index < -0.39 is 11.9 Å². The summed E-state index contributed by atoms with van der Waals surface area (Å²) < 4.78 is 19.3. The molecule has 19 heavy (non-hydrogen) atoms. The molecule has 1 N–H and O–H groups in total. The lowest BCUT2D eigenvalue weighted by Gasteiger charge is -2.11. The second kappa shape index (κ2) is 5.85. The molecule has 2 aromatic rings. The van der Waals surface area contributed by atoms with Crippen LogP contribution >= 0.6 is 0 Å². The lowest BCUT2D eigenvalue weighted by Crippen LogP contribution is -2.00. The zero-order valence-corrected chi connectivity index (χ0v) is 11.1. The SMILES string of the molecule is Cc1ccccc1COc1ccc([C@@H](C)O)cc1F. The van der Waals surface area contributed by atoms with E-state index in [1.165, 1.54) is 6.07 Å². The van der Waals surface area contributed by atoms with E-state index in [2.05, 4.69) is 0 Å². The zero-order chi connectivity index (χ0) is 13.8. The average molecular weight is 260 g/mol. The van der Waals surface area contributed by atoms with E-state index in [1.54, 1.807) is 19.1 Å². The molecule has 2 nitrogen and oxygen atoms in total. The maximum atomic E-state index is 13.8. The maximum Gasteiger partial charge on any atom is 0.165 e. The average Bonchev–Trinajstić information content (AvgIpc) is 2.39. The van der Waals surface area contributed by atoms with Crippen molar-refractivity contribution in [2.45, 2.75) is 26.6 Å². The summed E-state index contributed by atoms with van der Waals surface area (Å²) >= 11 is 0. The van der Waals surface area contributed by atoms with Crippen LogP contribution in [0, 0.1) is 12.7 Å². The normalized spacial score (nSPS) is 12.2. The van der Waals surface area contributed by atoms with Crippen molar-refractivity contribution in [3.63, 3.8) is 0 Å². The molecule has 0 heterocycles. The molecule has 0 aliphatic rings. The Kier molecular flexibility index (Phi) is 4.17. The number of ether oxygens (including phenoxy) is 1. The molecule has 1 atom stereocenters. The summed E-state index contributed by atoms with van der Waals surface area (Å²) in [7, 11) is 0. The van der Waals surface area contributed by atoms with Gasteiger partial charge in [0, 0.05) is 0 Å². The monoisotopic (exact) mass is 260 g/mol. The van der Waals surface area contributed by atoms with Crippen LogP contribution in [0.4, 0.5) is 4.39 Å². The van der Waals surface area contributed by atoms with Gasteiger partial charge in [-0.3, -0.25) is 0 Å². The molecule has 3 heteroatoms. The highest BCUT2D eigenvalue weighted by Crippen LogP contribution is 2.23. The van der Waals surface area contributed by atoms with Crippen LogP contribution in [-0.2, 0) is 6.61 Å². The Labute approximate surface area is 112 Å². The first-order valence-corrected chi connectivity index (χ1v) is 6.22. The van der Waals surface area contributed by atoms with Gasteiger partial charge in [0.25, 0.3) is 0 Å². The standard InChI is InChI=1S/C16H17FO2/c1-11-5-3-4-6-14(11)10-19-16-8-7-13(12(2)18)9-15(16)17/h3-9,12,18H,10H2,1-2H3/t12-/m1/s1. The number of aliphatic hydroxyl groups is 1. The van der Waals surface area contributed by atoms with Crippen LogP contribution in [0.15, 0.2) is 42.5 Å². The maximum absolute atomic E-state index is 13.8. The summed E-state index contributed by atoms with van der Waals surface area (Å²) in [5.41, 5.74) is 2.69. The summed E-state index contributed by atoms with van der Waals surface area (Å²) in [6.45, 7) is 3.92. The van der Waals surface area contributed by atoms with E-state index in [-0.39, 0.29) is 5.75 Å². The summed E-state index contributed by atoms with van der Waals surface area (Å²) in [4.78, 5) is 0. The number of hydrogen-bond donors (Lipinski definition) is 1. The summed E-state index contributed by atoms with van der Waals surface area (Å²) in [6.07, 6.45) is -0.681. The van der Waals surface area contributed by atoms with Gasteiger partial charge in [0.1, 0.15) is 6.61 Å². The molecule has 2 rings (SSSR count). The summed E-state index contributed by atoms with van der Waals surface area (Å²) in [5.74, 6) is -0.250. The zero-order valence-electron chi connectivity index (χ0n) is 11.1. The molecule has 0 spiro atoms. The van der Waals surface area contributed by atoms with Crippen molar-refractivity contribution in [1.29, 1.82) is 0 Å². The number of rotatable bonds is 4. The van der Waals surface area contributed by atoms with Crippen molar-refractivity contribution in [2.24, 2.45) is 0 Å². The van der Waals surface area contributed by atoms with Gasteiger partial charge in [-0.25, -0.2) is 4.39 Å². The van der Waals surface area contributed by atoms with Crippen molar-refractivity contribution < 1.29 is 14.2 Å². The van der Waals surface area contributed by atoms with E-state index in [1.807, 2.05) is 31.2 Å². The number of halogens is 1. The Morgan fingerprint density at radius 1 is 1.21 bits per heavy atom. The van der Waals surface area contributed by atoms with Gasteiger partial charge in [0.15, 0.2) is 11.6 Å². The van der Waals surface area contributed by atoms with Gasteiger partial charge >= 0.3 is 0 Å². The predicted molar refractivity (Wildman–Crippen MR) is 72.5 cm³/mol. The smallest absolute Gasteiger partial charge is 0.165 e. The van der Waals surface area contributed by atoms with Crippen molar-refractivity contribution in [2.75, 3.05) is 0 Å². The molecule has 0 saturated carbocycles. The second-order valence-corrected chi connectivity index (χ2v) is 4.58. The molecule has 0 aliphatic heterocycles. The molecular formula is C16H17FO2. The molecule has 0 amide bonds. The number of hydrogen-bond acceptors (Lipinski definition) is 2. The van der Waals surface area contributed by atoms with E-state index >= 15 is 0 Å². The van der Waals surface area contributed by atoms with E-state index in [9.17, 15) is 9.50 Å². The lowest BCUT2D eigenvalue weighted by atomic mass is 10.1. The summed E-state index contributed by atoms with van der Waals surface area (Å²) in [5, 5.41) is 9.38. The minimum Gasteiger partial charge on any atom is -0.486 e. The van der Waals surface area contributed by atoms with Gasteiger partial charge in [-0.05, 0) is 42.7 Å². The Balaban J connectivity index is 2.10. The molecule has 0 bridgehead atoms. The molecule has 2 aromatic carbocycles. The van der Waals surface area contributed by atoms with Crippen LogP contribution in [0.5, 0.6) is 5.75 Å². The topological polar surface area (TPSA) is 29.5 Å². The van der Waals surface area contributed by atoms with Crippen molar-refractivity contribution in [3.05, 3.63) is 65.0 Å². The van der Waals surface area contributed by atoms with Crippen molar-refractivity contribution in [3.8, 4) is 5.75 Å². The highest BCUT2D eigenvalue weighted by molar-refractivity contribution is 5.31. The third-order valence-corrected chi connectivity index (χ3v) is 3.08. The number of benzene rings is 2. The van der Waals surface area contributed by atoms with E-state index in [0.717, 1.165) is 11.1 Å². The minimum atomic E-state index is -0.681.